The van der Waals surface area contributed by atoms with Crippen LogP contribution in [0.4, 0.5) is 23.3 Å². The molecule has 12 rings (SSSR count). The number of unbranched alkanes of at least 4 members (excludes halogenated alkanes) is 6. The first-order chi connectivity index (χ1) is 50.2. The van der Waals surface area contributed by atoms with Gasteiger partial charge in [-0.15, -0.1) is 0 Å². The summed E-state index contributed by atoms with van der Waals surface area (Å²) in [6.07, 6.45) is 24.1. The number of morpholine rings is 1. The van der Waals surface area contributed by atoms with Crippen LogP contribution in [-0.2, 0) is 28.7 Å². The van der Waals surface area contributed by atoms with Gasteiger partial charge in [0.1, 0.15) is 42.4 Å². The fourth-order valence-electron chi connectivity index (χ4n) is 11.4. The van der Waals surface area contributed by atoms with Crippen LogP contribution in [-0.4, -0.2) is 132 Å². The maximum Gasteiger partial charge on any atom is 0.358 e. The van der Waals surface area contributed by atoms with Crippen LogP contribution in [0.2, 0.25) is 0 Å². The second-order valence-electron chi connectivity index (χ2n) is 25.2. The summed E-state index contributed by atoms with van der Waals surface area (Å²) in [5.41, 5.74) is 23.6. The molecule has 0 radical (unpaired) electrons. The fraction of sp³-hybridized carbons (Fsp3) is 0.277. The summed E-state index contributed by atoms with van der Waals surface area (Å²) < 4.78 is 17.1. The number of hydrogen-bond acceptors (Lipinski definition) is 14. The number of rotatable bonds is 27. The minimum atomic E-state index is -0.499. The maximum absolute atomic E-state index is 13.4. The lowest BCUT2D eigenvalue weighted by molar-refractivity contribution is 0.0592. The average molecular weight is 1380 g/mol. The number of imidazole rings is 4. The molecule has 0 amide bonds. The molecule has 1 fully saturated rings. The van der Waals surface area contributed by atoms with Crippen molar-refractivity contribution in [1.29, 1.82) is 0 Å². The minimum absolute atomic E-state index is 0.0933. The number of hydrogen-bond donors (Lipinski definition) is 2. The van der Waals surface area contributed by atoms with Gasteiger partial charge in [-0.1, -0.05) is 204 Å². The van der Waals surface area contributed by atoms with Gasteiger partial charge in [-0.25, -0.2) is 34.7 Å². The second kappa shape index (κ2) is 38.8. The lowest BCUT2D eigenvalue weighted by atomic mass is 10.1. The summed E-state index contributed by atoms with van der Waals surface area (Å²) in [6, 6.07) is 60.4. The van der Waals surface area contributed by atoms with Gasteiger partial charge in [-0.2, -0.15) is 0 Å². The quantitative estimate of drug-likeness (QED) is 0.0160. The van der Waals surface area contributed by atoms with Gasteiger partial charge in [-0.3, -0.25) is 32.7 Å². The standard InChI is InChI=1S/C26H30N4O2.C24H28N4O.C21H23N3O.C12H13N3O2/c1-2-3-5-8-21-11-13-23(14-12-21)30-20-28-26(27-19-29-15-17-32-18-16-29)24(30)25(31)22-9-6-4-7-10-22;1-4-5-7-10-19-13-15-21(16-14-19)28-18-26-24(25-17-27(2)3)22(28)23(29)20-11-8-6-9-12-20;1-2-3-5-8-16-11-13-18(14-12-16)24-15-23-21(22)19(24)20(25)17-9-6-4-7-10-17;1-8-3-5-9(6-4-8)15-7-14-11(13)10(15)12(16)17-2/h4,6-7,9-14,19-20H,2-3,5,8,15-18H2,1H3;6,8-9,11-18H,4-5,7,10H2,1-3H3;4,6-7,9-15H,2-3,5,8,22H2,1H3;3-7H,13H2,1-2H3. The topological polar surface area (TPSA) is 241 Å². The molecular formula is C83H94N14O6. The Morgan fingerprint density at radius 2 is 0.796 bits per heavy atom. The SMILES string of the molecule is CCCCCc1ccc(-n2cnc(N)c2C(=O)c2ccccc2)cc1.CCCCCc1ccc(-n2cnc(N=CN(C)C)c2C(=O)c2ccccc2)cc1.CCCCCc1ccc(-n2cnc(N=CN3CCOCC3)c2C(=O)c2ccccc2)cc1.COC(=O)c1c(N)ncn1-c1ccc(C)cc1. The van der Waals surface area contributed by atoms with Crippen LogP contribution in [0.3, 0.4) is 0 Å². The van der Waals surface area contributed by atoms with Crippen LogP contribution in [0.5, 0.6) is 0 Å². The zero-order chi connectivity index (χ0) is 72.9. The number of aliphatic imine (C=N–C) groups is 2. The smallest absolute Gasteiger partial charge is 0.358 e. The van der Waals surface area contributed by atoms with Crippen molar-refractivity contribution in [3.8, 4) is 22.7 Å². The molecule has 7 aromatic carbocycles. The van der Waals surface area contributed by atoms with E-state index in [0.717, 1.165) is 60.7 Å². The molecule has 20 nitrogen and oxygen atoms in total. The molecule has 0 aliphatic carbocycles. The number of carbonyl (C=O) groups is 4. The van der Waals surface area contributed by atoms with E-state index in [2.05, 4.69) is 109 Å². The first-order valence-corrected chi connectivity index (χ1v) is 35.3. The monoisotopic (exact) mass is 1380 g/mol. The van der Waals surface area contributed by atoms with Gasteiger partial charge in [0.05, 0.1) is 33.0 Å². The Hall–Kier alpha value is -11.6. The van der Waals surface area contributed by atoms with Crippen LogP contribution in [0, 0.1) is 6.92 Å². The van der Waals surface area contributed by atoms with Crippen LogP contribution >= 0.6 is 0 Å². The van der Waals surface area contributed by atoms with Gasteiger partial charge in [0.25, 0.3) is 0 Å². The highest BCUT2D eigenvalue weighted by atomic mass is 16.5. The fourth-order valence-corrected chi connectivity index (χ4v) is 11.4. The summed E-state index contributed by atoms with van der Waals surface area (Å²) in [5, 5.41) is 0. The van der Waals surface area contributed by atoms with Crippen molar-refractivity contribution in [3.05, 3.63) is 275 Å². The molecule has 0 spiro atoms. The zero-order valence-corrected chi connectivity index (χ0v) is 60.1. The number of methoxy groups -OCH3 is 1. The minimum Gasteiger partial charge on any atom is -0.464 e. The second-order valence-corrected chi connectivity index (χ2v) is 25.2. The molecule has 1 saturated heterocycles. The number of benzene rings is 7. The zero-order valence-electron chi connectivity index (χ0n) is 60.1. The number of aromatic nitrogens is 8. The molecule has 20 heteroatoms. The Bertz CT molecular complexity index is 4520. The lowest BCUT2D eigenvalue weighted by Crippen LogP contribution is -2.35. The van der Waals surface area contributed by atoms with Gasteiger partial charge in [0, 0.05) is 66.6 Å². The number of anilines is 2. The van der Waals surface area contributed by atoms with E-state index in [-0.39, 0.29) is 34.7 Å². The van der Waals surface area contributed by atoms with Gasteiger partial charge in [0.2, 0.25) is 17.3 Å². The van der Waals surface area contributed by atoms with Crippen molar-refractivity contribution in [3.63, 3.8) is 0 Å². The van der Waals surface area contributed by atoms with Crippen molar-refractivity contribution in [2.75, 3.05) is 59.0 Å². The van der Waals surface area contributed by atoms with E-state index in [4.69, 9.17) is 16.2 Å². The van der Waals surface area contributed by atoms with Crippen LogP contribution < -0.4 is 11.5 Å². The molecule has 11 aromatic rings. The Morgan fingerprint density at radius 3 is 1.17 bits per heavy atom. The molecule has 1 aliphatic rings. The number of carbonyl (C=O) groups excluding carboxylic acids is 4. The molecule has 0 saturated carbocycles. The third kappa shape index (κ3) is 21.0. The maximum atomic E-state index is 13.4. The van der Waals surface area contributed by atoms with E-state index in [1.54, 1.807) is 52.9 Å². The highest BCUT2D eigenvalue weighted by Crippen LogP contribution is 2.29. The Labute approximate surface area is 604 Å². The number of nitrogen functional groups attached to an aromatic ring is 2. The van der Waals surface area contributed by atoms with Crippen LogP contribution in [0.1, 0.15) is 159 Å². The number of esters is 1. The molecular weight excluding hydrogens is 1290 g/mol. The average Bonchev–Trinajstić information content (AvgIpc) is 1.70. The third-order valence-electron chi connectivity index (χ3n) is 17.2. The molecule has 532 valence electrons. The number of aryl methyl sites for hydroxylation is 4. The Balaban J connectivity index is 0.000000163. The summed E-state index contributed by atoms with van der Waals surface area (Å²) in [4.78, 5) is 81.0. The van der Waals surface area contributed by atoms with Crippen molar-refractivity contribution in [1.82, 2.24) is 48.0 Å². The normalized spacial score (nSPS) is 11.9. The molecule has 0 bridgehead atoms. The predicted octanol–water partition coefficient (Wildman–Crippen LogP) is 15.9. The first kappa shape index (κ1) is 75.6. The Morgan fingerprint density at radius 1 is 0.456 bits per heavy atom. The largest absolute Gasteiger partial charge is 0.464 e. The molecule has 0 atom stereocenters. The third-order valence-corrected chi connectivity index (χ3v) is 17.2. The van der Waals surface area contributed by atoms with Gasteiger partial charge >= 0.3 is 5.97 Å². The summed E-state index contributed by atoms with van der Waals surface area (Å²) in [5.74, 6) is 0.448. The van der Waals surface area contributed by atoms with Crippen molar-refractivity contribution in [2.45, 2.75) is 105 Å². The van der Waals surface area contributed by atoms with E-state index in [0.29, 0.717) is 58.6 Å². The van der Waals surface area contributed by atoms with Gasteiger partial charge in [0.15, 0.2) is 29.0 Å². The number of ether oxygens (including phenoxy) is 2. The first-order valence-electron chi connectivity index (χ1n) is 35.3. The van der Waals surface area contributed by atoms with Gasteiger partial charge in [-0.05, 0) is 111 Å². The summed E-state index contributed by atoms with van der Waals surface area (Å²) in [7, 11) is 5.08. The molecule has 4 aromatic heterocycles. The Kier molecular flexibility index (Phi) is 28.5. The van der Waals surface area contributed by atoms with Crippen molar-refractivity contribution >= 4 is 59.3 Å². The van der Waals surface area contributed by atoms with E-state index >= 15 is 0 Å². The molecule has 5 heterocycles. The number of nitrogens with two attached hydrogens (primary N) is 2. The van der Waals surface area contributed by atoms with Crippen LogP contribution in [0.15, 0.2) is 223 Å². The number of nitrogens with zero attached hydrogens (tertiary/aromatic N) is 12. The highest BCUT2D eigenvalue weighted by molar-refractivity contribution is 6.12. The van der Waals surface area contributed by atoms with Crippen molar-refractivity contribution in [2.24, 2.45) is 9.98 Å². The van der Waals surface area contributed by atoms with E-state index in [1.165, 1.54) is 87.9 Å². The number of ketones is 3. The van der Waals surface area contributed by atoms with E-state index < -0.39 is 5.97 Å². The molecule has 103 heavy (non-hydrogen) atoms. The summed E-state index contributed by atoms with van der Waals surface area (Å²) >= 11 is 0. The lowest BCUT2D eigenvalue weighted by Gasteiger charge is -2.23. The van der Waals surface area contributed by atoms with Gasteiger partial charge < -0.3 is 30.7 Å². The van der Waals surface area contributed by atoms with Crippen LogP contribution in [0.25, 0.3) is 22.7 Å². The van der Waals surface area contributed by atoms with E-state index in [9.17, 15) is 19.2 Å². The summed E-state index contributed by atoms with van der Waals surface area (Å²) in [6.45, 7) is 11.6. The van der Waals surface area contributed by atoms with Crippen molar-refractivity contribution < 1.29 is 28.7 Å². The molecule has 4 N–H and O–H groups in total. The highest BCUT2D eigenvalue weighted by Gasteiger charge is 2.25. The predicted molar refractivity (Wildman–Crippen MR) is 411 cm³/mol. The molecule has 1 aliphatic heterocycles. The molecule has 0 unspecified atom stereocenters. The van der Waals surface area contributed by atoms with E-state index in [1.807, 2.05) is 162 Å².